The molecule has 0 bridgehead atoms. The molecule has 1 aromatic carbocycles. The summed E-state index contributed by atoms with van der Waals surface area (Å²) in [5.41, 5.74) is 0.581. The minimum absolute atomic E-state index is 0.0175. The number of likely N-dealkylation sites (tertiary alicyclic amines) is 1. The zero-order valence-electron chi connectivity index (χ0n) is 15.3. The number of halogens is 1. The number of nitrogens with one attached hydrogen (secondary N) is 1. The normalized spacial score (nSPS) is 30.9. The summed E-state index contributed by atoms with van der Waals surface area (Å²) in [6, 6.07) is 5.66. The van der Waals surface area contributed by atoms with E-state index in [1.54, 1.807) is 12.1 Å². The van der Waals surface area contributed by atoms with Gasteiger partial charge in [0, 0.05) is 17.6 Å². The molecule has 1 heterocycles. The predicted octanol–water partition coefficient (Wildman–Crippen LogP) is 3.50. The highest BCUT2D eigenvalue weighted by atomic mass is 19.1. The molecule has 27 heavy (non-hydrogen) atoms. The number of imide groups is 1. The van der Waals surface area contributed by atoms with Crippen molar-refractivity contribution >= 4 is 23.4 Å². The predicted molar refractivity (Wildman–Crippen MR) is 98.1 cm³/mol. The van der Waals surface area contributed by atoms with E-state index < -0.39 is 0 Å². The molecule has 0 aromatic heterocycles. The lowest BCUT2D eigenvalue weighted by molar-refractivity contribution is -0.143. The van der Waals surface area contributed by atoms with Crippen molar-refractivity contribution in [3.05, 3.63) is 30.1 Å². The van der Waals surface area contributed by atoms with E-state index in [1.165, 1.54) is 17.0 Å². The van der Waals surface area contributed by atoms with Gasteiger partial charge in [-0.3, -0.25) is 19.3 Å². The van der Waals surface area contributed by atoms with Crippen LogP contribution in [0.2, 0.25) is 0 Å². The summed E-state index contributed by atoms with van der Waals surface area (Å²) in [4.78, 5) is 39.5. The summed E-state index contributed by atoms with van der Waals surface area (Å²) < 4.78 is 13.0. The molecule has 0 spiro atoms. The maximum atomic E-state index is 13.0. The van der Waals surface area contributed by atoms with E-state index in [0.29, 0.717) is 31.4 Å². The van der Waals surface area contributed by atoms with Crippen molar-refractivity contribution in [2.75, 3.05) is 5.32 Å². The average Bonchev–Trinajstić information content (AvgIpc) is 2.95. The molecule has 2 aliphatic carbocycles. The molecule has 4 rings (SSSR count). The van der Waals surface area contributed by atoms with E-state index in [0.717, 1.165) is 25.7 Å². The number of benzene rings is 1. The van der Waals surface area contributed by atoms with Crippen LogP contribution >= 0.6 is 0 Å². The van der Waals surface area contributed by atoms with Crippen LogP contribution in [0.15, 0.2) is 24.3 Å². The Morgan fingerprint density at radius 2 is 1.44 bits per heavy atom. The maximum Gasteiger partial charge on any atom is 0.233 e. The van der Waals surface area contributed by atoms with Crippen LogP contribution in [-0.2, 0) is 14.4 Å². The first-order chi connectivity index (χ1) is 13.0. The molecule has 1 saturated heterocycles. The van der Waals surface area contributed by atoms with Crippen molar-refractivity contribution in [3.8, 4) is 0 Å². The highest BCUT2D eigenvalue weighted by molar-refractivity contribution is 6.05. The Kier molecular flexibility index (Phi) is 4.98. The minimum atomic E-state index is -0.339. The van der Waals surface area contributed by atoms with E-state index in [4.69, 9.17) is 0 Å². The van der Waals surface area contributed by atoms with Crippen LogP contribution in [0.5, 0.6) is 0 Å². The third kappa shape index (κ3) is 3.49. The number of amides is 3. The van der Waals surface area contributed by atoms with Crippen LogP contribution in [0.1, 0.15) is 51.4 Å². The fourth-order valence-electron chi connectivity index (χ4n) is 4.92. The Hall–Kier alpha value is -2.24. The molecule has 144 valence electrons. The van der Waals surface area contributed by atoms with Crippen LogP contribution in [-0.4, -0.2) is 28.7 Å². The second-order valence-corrected chi connectivity index (χ2v) is 8.05. The standard InChI is InChI=1S/C21H25FN2O3/c22-14-7-9-15(10-8-14)23-19(25)13-5-11-16(12-6-13)24-20(26)17-3-1-2-4-18(17)21(24)27/h7-10,13,16-18H,1-6,11-12H2,(H,23,25)/t13?,16?,17-,18-/m0/s1. The summed E-state index contributed by atoms with van der Waals surface area (Å²) in [5, 5.41) is 2.83. The number of carbonyl (C=O) groups excluding carboxylic acids is 3. The molecular formula is C21H25FN2O3. The molecule has 1 aromatic rings. The average molecular weight is 372 g/mol. The van der Waals surface area contributed by atoms with Crippen LogP contribution < -0.4 is 5.32 Å². The van der Waals surface area contributed by atoms with Crippen molar-refractivity contribution in [1.29, 1.82) is 0 Å². The van der Waals surface area contributed by atoms with Gasteiger partial charge in [-0.05, 0) is 62.8 Å². The van der Waals surface area contributed by atoms with Gasteiger partial charge in [-0.25, -0.2) is 4.39 Å². The number of rotatable bonds is 3. The molecule has 3 aliphatic rings. The number of anilines is 1. The Morgan fingerprint density at radius 1 is 0.889 bits per heavy atom. The third-order valence-corrected chi connectivity index (χ3v) is 6.42. The van der Waals surface area contributed by atoms with Gasteiger partial charge in [0.25, 0.3) is 0 Å². The Bertz CT molecular complexity index is 716. The molecule has 0 radical (unpaired) electrons. The van der Waals surface area contributed by atoms with Gasteiger partial charge in [0.05, 0.1) is 11.8 Å². The van der Waals surface area contributed by atoms with E-state index >= 15 is 0 Å². The van der Waals surface area contributed by atoms with Gasteiger partial charge < -0.3 is 5.32 Å². The zero-order valence-corrected chi connectivity index (χ0v) is 15.3. The molecular weight excluding hydrogens is 347 g/mol. The quantitative estimate of drug-likeness (QED) is 0.826. The maximum absolute atomic E-state index is 13.0. The molecule has 6 heteroatoms. The van der Waals surface area contributed by atoms with Gasteiger partial charge in [-0.15, -0.1) is 0 Å². The van der Waals surface area contributed by atoms with Crippen LogP contribution in [0.3, 0.4) is 0 Å². The van der Waals surface area contributed by atoms with Gasteiger partial charge >= 0.3 is 0 Å². The smallest absolute Gasteiger partial charge is 0.233 e. The highest BCUT2D eigenvalue weighted by Crippen LogP contribution is 2.41. The summed E-state index contributed by atoms with van der Waals surface area (Å²) >= 11 is 0. The van der Waals surface area contributed by atoms with E-state index in [9.17, 15) is 18.8 Å². The largest absolute Gasteiger partial charge is 0.326 e. The van der Waals surface area contributed by atoms with Crippen LogP contribution in [0.25, 0.3) is 0 Å². The lowest BCUT2D eigenvalue weighted by atomic mass is 9.81. The van der Waals surface area contributed by atoms with E-state index in [1.807, 2.05) is 0 Å². The van der Waals surface area contributed by atoms with Gasteiger partial charge in [-0.1, -0.05) is 12.8 Å². The lowest BCUT2D eigenvalue weighted by Gasteiger charge is -2.33. The lowest BCUT2D eigenvalue weighted by Crippen LogP contribution is -2.43. The molecule has 5 nitrogen and oxygen atoms in total. The van der Waals surface area contributed by atoms with Crippen molar-refractivity contribution in [2.45, 2.75) is 57.4 Å². The fraction of sp³-hybridized carbons (Fsp3) is 0.571. The molecule has 0 unspecified atom stereocenters. The summed E-state index contributed by atoms with van der Waals surface area (Å²) in [5.74, 6) is -0.729. The van der Waals surface area contributed by atoms with Gasteiger partial charge in [0.2, 0.25) is 17.7 Å². The second kappa shape index (κ2) is 7.41. The fourth-order valence-corrected chi connectivity index (χ4v) is 4.92. The number of hydrogen-bond acceptors (Lipinski definition) is 3. The third-order valence-electron chi connectivity index (χ3n) is 6.42. The molecule has 2 saturated carbocycles. The number of fused-ring (bicyclic) bond motifs is 1. The Labute approximate surface area is 158 Å². The number of carbonyl (C=O) groups is 3. The van der Waals surface area contributed by atoms with Gasteiger partial charge in [0.15, 0.2) is 0 Å². The molecule has 1 N–H and O–H groups in total. The van der Waals surface area contributed by atoms with Crippen molar-refractivity contribution in [3.63, 3.8) is 0 Å². The van der Waals surface area contributed by atoms with Crippen LogP contribution in [0, 0.1) is 23.6 Å². The highest BCUT2D eigenvalue weighted by Gasteiger charge is 2.50. The van der Waals surface area contributed by atoms with Crippen molar-refractivity contribution in [1.82, 2.24) is 4.90 Å². The SMILES string of the molecule is O=C(Nc1ccc(F)cc1)C1CCC(N2C(=O)[C@H]3CCCC[C@@H]3C2=O)CC1. The van der Waals surface area contributed by atoms with Crippen molar-refractivity contribution < 1.29 is 18.8 Å². The number of nitrogens with zero attached hydrogens (tertiary/aromatic N) is 1. The topological polar surface area (TPSA) is 66.5 Å². The van der Waals surface area contributed by atoms with E-state index in [-0.39, 0.29) is 47.3 Å². The Morgan fingerprint density at radius 3 is 2.00 bits per heavy atom. The molecule has 3 amide bonds. The molecule has 2 atom stereocenters. The first kappa shape index (κ1) is 18.1. The molecule has 3 fully saturated rings. The van der Waals surface area contributed by atoms with E-state index in [2.05, 4.69) is 5.32 Å². The first-order valence-corrected chi connectivity index (χ1v) is 9.98. The summed E-state index contributed by atoms with van der Waals surface area (Å²) in [6.45, 7) is 0. The van der Waals surface area contributed by atoms with Crippen LogP contribution in [0.4, 0.5) is 10.1 Å². The molecule has 1 aliphatic heterocycles. The van der Waals surface area contributed by atoms with Crippen molar-refractivity contribution in [2.24, 2.45) is 17.8 Å². The summed E-state index contributed by atoms with van der Waals surface area (Å²) in [6.07, 6.45) is 6.40. The monoisotopic (exact) mass is 372 g/mol. The minimum Gasteiger partial charge on any atom is -0.326 e. The summed E-state index contributed by atoms with van der Waals surface area (Å²) in [7, 11) is 0. The number of hydrogen-bond donors (Lipinski definition) is 1. The first-order valence-electron chi connectivity index (χ1n) is 9.98. The van der Waals surface area contributed by atoms with Gasteiger partial charge in [0.1, 0.15) is 5.82 Å². The zero-order chi connectivity index (χ0) is 19.0. The van der Waals surface area contributed by atoms with Gasteiger partial charge in [-0.2, -0.15) is 0 Å². The second-order valence-electron chi connectivity index (χ2n) is 8.05. The Balaban J connectivity index is 1.34.